The van der Waals surface area contributed by atoms with Crippen molar-refractivity contribution in [2.75, 3.05) is 19.7 Å². The molecule has 4 nitrogen and oxygen atoms in total. The molecule has 2 atom stereocenters. The van der Waals surface area contributed by atoms with E-state index in [9.17, 15) is 13.9 Å². The van der Waals surface area contributed by atoms with Gasteiger partial charge in [0.15, 0.2) is 17.6 Å². The van der Waals surface area contributed by atoms with Gasteiger partial charge in [-0.3, -0.25) is 4.99 Å². The molecule has 3 N–H and O–H groups in total. The lowest BCUT2D eigenvalue weighted by Gasteiger charge is -2.20. The van der Waals surface area contributed by atoms with Gasteiger partial charge < -0.3 is 15.7 Å². The average Bonchev–Trinajstić information content (AvgIpc) is 2.54. The number of hydrogen-bond acceptors (Lipinski definition) is 2. The maximum atomic E-state index is 13.4. The molecule has 0 radical (unpaired) electrons. The second-order valence-corrected chi connectivity index (χ2v) is 6.77. The van der Waals surface area contributed by atoms with Gasteiger partial charge in [-0.1, -0.05) is 19.9 Å². The first-order valence-corrected chi connectivity index (χ1v) is 8.98. The van der Waals surface area contributed by atoms with Gasteiger partial charge >= 0.3 is 0 Å². The normalized spacial score (nSPS) is 13.9. The van der Waals surface area contributed by atoms with Crippen LogP contribution >= 0.6 is 24.0 Å². The summed E-state index contributed by atoms with van der Waals surface area (Å²) in [6.45, 7) is 9.62. The monoisotopic (exact) mass is 483 g/mol. The van der Waals surface area contributed by atoms with E-state index in [0.29, 0.717) is 36.4 Å². The van der Waals surface area contributed by atoms with E-state index in [0.717, 1.165) is 18.9 Å². The second-order valence-electron chi connectivity index (χ2n) is 6.77. The van der Waals surface area contributed by atoms with Crippen LogP contribution in [0.5, 0.6) is 0 Å². The molecule has 2 unspecified atom stereocenters. The molecule has 150 valence electrons. The Morgan fingerprint density at radius 1 is 1.19 bits per heavy atom. The number of aliphatic hydroxyl groups excluding tert-OH is 1. The molecule has 0 bridgehead atoms. The number of hydrogen-bond donors (Lipinski definition) is 3. The van der Waals surface area contributed by atoms with E-state index in [1.807, 2.05) is 13.8 Å². The van der Waals surface area contributed by atoms with Crippen molar-refractivity contribution in [2.24, 2.45) is 16.8 Å². The van der Waals surface area contributed by atoms with Crippen LogP contribution in [0.25, 0.3) is 0 Å². The zero-order valence-electron chi connectivity index (χ0n) is 16.1. The molecule has 1 aromatic rings. The van der Waals surface area contributed by atoms with Gasteiger partial charge in [-0.25, -0.2) is 8.78 Å². The lowest BCUT2D eigenvalue weighted by Crippen LogP contribution is -2.39. The first-order valence-electron chi connectivity index (χ1n) is 8.98. The van der Waals surface area contributed by atoms with E-state index in [1.54, 1.807) is 6.07 Å². The fourth-order valence-corrected chi connectivity index (χ4v) is 2.74. The van der Waals surface area contributed by atoms with Gasteiger partial charge in [0.05, 0.1) is 6.04 Å². The first-order chi connectivity index (χ1) is 11.9. The number of nitrogens with one attached hydrogen (secondary N) is 2. The molecular weight excluding hydrogens is 451 g/mol. The predicted octanol–water partition coefficient (Wildman–Crippen LogP) is 4.24. The molecule has 0 aromatic heterocycles. The van der Waals surface area contributed by atoms with Crippen LogP contribution in [0.1, 0.15) is 52.1 Å². The minimum absolute atomic E-state index is 0. The highest BCUT2D eigenvalue weighted by Crippen LogP contribution is 2.17. The van der Waals surface area contributed by atoms with Crippen molar-refractivity contribution in [3.63, 3.8) is 0 Å². The maximum absolute atomic E-state index is 13.4. The molecule has 0 amide bonds. The van der Waals surface area contributed by atoms with Gasteiger partial charge in [0.25, 0.3) is 0 Å². The minimum Gasteiger partial charge on any atom is -0.396 e. The van der Waals surface area contributed by atoms with Gasteiger partial charge in [0.2, 0.25) is 0 Å². The third-order valence-electron chi connectivity index (χ3n) is 3.99. The Labute approximate surface area is 172 Å². The first kappa shape index (κ1) is 25.0. The van der Waals surface area contributed by atoms with Gasteiger partial charge in [0, 0.05) is 19.7 Å². The highest BCUT2D eigenvalue weighted by molar-refractivity contribution is 14.0. The molecule has 0 aliphatic carbocycles. The van der Waals surface area contributed by atoms with Crippen molar-refractivity contribution in [3.8, 4) is 0 Å². The van der Waals surface area contributed by atoms with Crippen LogP contribution in [-0.4, -0.2) is 30.8 Å². The molecule has 1 rings (SSSR count). The molecule has 0 heterocycles. The third-order valence-corrected chi connectivity index (χ3v) is 3.99. The number of halogens is 3. The number of rotatable bonds is 9. The SMILES string of the molecule is CCNC(=NCC(CCO)CC(C)C)NC(C)c1ccc(F)c(F)c1.I. The van der Waals surface area contributed by atoms with Crippen LogP contribution in [-0.2, 0) is 0 Å². The van der Waals surface area contributed by atoms with Crippen molar-refractivity contribution in [3.05, 3.63) is 35.4 Å². The number of benzene rings is 1. The average molecular weight is 483 g/mol. The fraction of sp³-hybridized carbons (Fsp3) is 0.632. The van der Waals surface area contributed by atoms with Crippen molar-refractivity contribution < 1.29 is 13.9 Å². The molecule has 0 aliphatic heterocycles. The summed E-state index contributed by atoms with van der Waals surface area (Å²) in [6.07, 6.45) is 1.72. The zero-order chi connectivity index (χ0) is 18.8. The van der Waals surface area contributed by atoms with E-state index in [4.69, 9.17) is 0 Å². The van der Waals surface area contributed by atoms with E-state index >= 15 is 0 Å². The summed E-state index contributed by atoms with van der Waals surface area (Å²) in [4.78, 5) is 4.61. The largest absolute Gasteiger partial charge is 0.396 e. The standard InChI is InChI=1S/C19H31F2N3O.HI/c1-5-22-19(23-12-15(8-9-25)10-13(2)3)24-14(4)16-6-7-17(20)18(21)11-16;/h6-7,11,13-15,25H,5,8-10,12H2,1-4H3,(H2,22,23,24);1H. The molecule has 26 heavy (non-hydrogen) atoms. The highest BCUT2D eigenvalue weighted by atomic mass is 127. The summed E-state index contributed by atoms with van der Waals surface area (Å²) >= 11 is 0. The van der Waals surface area contributed by atoms with Crippen molar-refractivity contribution in [1.29, 1.82) is 0 Å². The van der Waals surface area contributed by atoms with Gasteiger partial charge in [0.1, 0.15) is 0 Å². The number of guanidine groups is 1. The summed E-state index contributed by atoms with van der Waals surface area (Å²) in [5.41, 5.74) is 0.651. The quantitative estimate of drug-likeness (QED) is 0.280. The van der Waals surface area contributed by atoms with E-state index in [-0.39, 0.29) is 36.6 Å². The number of aliphatic hydroxyl groups is 1. The fourth-order valence-electron chi connectivity index (χ4n) is 2.74. The Balaban J connectivity index is 0.00000625. The van der Waals surface area contributed by atoms with Crippen LogP contribution in [0, 0.1) is 23.5 Å². The predicted molar refractivity (Wildman–Crippen MR) is 114 cm³/mol. The Kier molecular flexibility index (Phi) is 12.8. The Hall–Kier alpha value is -0.960. The summed E-state index contributed by atoms with van der Waals surface area (Å²) < 4.78 is 26.5. The molecule has 0 saturated heterocycles. The Morgan fingerprint density at radius 2 is 1.88 bits per heavy atom. The van der Waals surface area contributed by atoms with Gasteiger partial charge in [-0.05, 0) is 56.2 Å². The molecule has 0 saturated carbocycles. The van der Waals surface area contributed by atoms with Crippen LogP contribution < -0.4 is 10.6 Å². The van der Waals surface area contributed by atoms with Crippen LogP contribution in [0.3, 0.4) is 0 Å². The van der Waals surface area contributed by atoms with E-state index < -0.39 is 11.6 Å². The molecule has 0 spiro atoms. The Bertz CT molecular complexity index is 556. The van der Waals surface area contributed by atoms with Crippen molar-refractivity contribution in [2.45, 2.75) is 46.6 Å². The number of aliphatic imine (C=N–C) groups is 1. The lowest BCUT2D eigenvalue weighted by atomic mass is 9.94. The van der Waals surface area contributed by atoms with E-state index in [2.05, 4.69) is 29.5 Å². The molecule has 0 fully saturated rings. The highest BCUT2D eigenvalue weighted by Gasteiger charge is 2.13. The van der Waals surface area contributed by atoms with Crippen molar-refractivity contribution in [1.82, 2.24) is 10.6 Å². The van der Waals surface area contributed by atoms with Gasteiger partial charge in [-0.2, -0.15) is 0 Å². The van der Waals surface area contributed by atoms with Crippen LogP contribution in [0.2, 0.25) is 0 Å². The summed E-state index contributed by atoms with van der Waals surface area (Å²) in [5.74, 6) is -0.209. The topological polar surface area (TPSA) is 56.7 Å². The van der Waals surface area contributed by atoms with Gasteiger partial charge in [-0.15, -0.1) is 24.0 Å². The Morgan fingerprint density at radius 3 is 2.42 bits per heavy atom. The second kappa shape index (κ2) is 13.2. The smallest absolute Gasteiger partial charge is 0.191 e. The maximum Gasteiger partial charge on any atom is 0.191 e. The molecular formula is C19H32F2IN3O. The van der Waals surface area contributed by atoms with Crippen LogP contribution in [0.4, 0.5) is 8.78 Å². The molecule has 0 aliphatic rings. The molecule has 7 heteroatoms. The van der Waals surface area contributed by atoms with E-state index in [1.165, 1.54) is 6.07 Å². The van der Waals surface area contributed by atoms with Crippen molar-refractivity contribution >= 4 is 29.9 Å². The summed E-state index contributed by atoms with van der Waals surface area (Å²) in [5, 5.41) is 15.6. The lowest BCUT2D eigenvalue weighted by molar-refractivity contribution is 0.245. The zero-order valence-corrected chi connectivity index (χ0v) is 18.4. The summed E-state index contributed by atoms with van der Waals surface area (Å²) in [6, 6.07) is 3.68. The number of nitrogens with zero attached hydrogens (tertiary/aromatic N) is 1. The summed E-state index contributed by atoms with van der Waals surface area (Å²) in [7, 11) is 0. The molecule has 1 aromatic carbocycles. The minimum atomic E-state index is -0.854. The third kappa shape index (κ3) is 9.12. The van der Waals surface area contributed by atoms with Crippen LogP contribution in [0.15, 0.2) is 23.2 Å².